The van der Waals surface area contributed by atoms with Gasteiger partial charge in [0, 0.05) is 32.0 Å². The van der Waals surface area contributed by atoms with E-state index in [2.05, 4.69) is 133 Å². The van der Waals surface area contributed by atoms with Crippen LogP contribution in [0.1, 0.15) is 0 Å². The molecule has 0 aliphatic carbocycles. The molecule has 0 atom stereocenters. The van der Waals surface area contributed by atoms with E-state index in [1.54, 1.807) is 0 Å². The summed E-state index contributed by atoms with van der Waals surface area (Å²) < 4.78 is 11.7. The Morgan fingerprint density at radius 2 is 0.667 bits per heavy atom. The number of hydrogen-bond acceptors (Lipinski definition) is 2. The van der Waals surface area contributed by atoms with Crippen molar-refractivity contribution in [1.29, 1.82) is 0 Å². The largest absolute Gasteiger partial charge is 0.252 e. The first-order valence-corrected chi connectivity index (χ1v) is 16.4. The number of nitrogens with zero attached hydrogens (tertiary/aromatic N) is 2. The predicted molar refractivity (Wildman–Crippen MR) is 157 cm³/mol. The van der Waals surface area contributed by atoms with Crippen LogP contribution in [0.4, 0.5) is 11.4 Å². The molecule has 6 aromatic carbocycles. The van der Waals surface area contributed by atoms with Crippen LogP contribution in [-0.2, 0) is 0 Å². The monoisotopic (exact) mass is 496 g/mol. The smallest absolute Gasteiger partial charge is 0.0801 e. The molecular weight excluding hydrogens is 474 g/mol. The molecule has 0 bridgehead atoms. The lowest BCUT2D eigenvalue weighted by atomic mass is 10.1. The zero-order valence-electron chi connectivity index (χ0n) is 19.5. The molecule has 4 heteroatoms. The third kappa shape index (κ3) is 2.44. The molecule has 0 fully saturated rings. The molecule has 2 aliphatic rings. The molecule has 8 rings (SSSR count). The highest BCUT2D eigenvalue weighted by molar-refractivity contribution is 8.51. The van der Waals surface area contributed by atoms with Gasteiger partial charge in [0.25, 0.3) is 0 Å². The zero-order valence-corrected chi connectivity index (χ0v) is 21.3. The molecule has 0 saturated carbocycles. The third-order valence-corrected chi connectivity index (χ3v) is 19.2. The summed E-state index contributed by atoms with van der Waals surface area (Å²) in [6.07, 6.45) is 0. The van der Waals surface area contributed by atoms with Crippen molar-refractivity contribution in [2.45, 2.75) is 0 Å². The van der Waals surface area contributed by atoms with Crippen LogP contribution in [0, 0.1) is 0 Å². The molecule has 0 amide bonds. The maximum Gasteiger partial charge on any atom is 0.0801 e. The Morgan fingerprint density at radius 1 is 0.333 bits per heavy atom. The molecule has 0 N–H and O–H groups in total. The van der Waals surface area contributed by atoms with Gasteiger partial charge in [-0.3, -0.25) is 9.49 Å². The minimum absolute atomic E-state index is 1.04. The summed E-state index contributed by atoms with van der Waals surface area (Å²) in [6.45, 7) is -4.74. The topological polar surface area (TPSA) is 24.7 Å². The number of hydrogen-bond donors (Lipinski definition) is 0. The lowest BCUT2D eigenvalue weighted by molar-refractivity contribution is 1.55. The molecule has 0 unspecified atom stereocenters. The average Bonchev–Trinajstić information content (AvgIpc) is 3.31. The van der Waals surface area contributed by atoms with Crippen LogP contribution in [0.2, 0.25) is 0 Å². The second kappa shape index (κ2) is 7.40. The molecule has 2 heterocycles. The zero-order chi connectivity index (χ0) is 23.7. The van der Waals surface area contributed by atoms with Crippen LogP contribution in [0.3, 0.4) is 0 Å². The minimum atomic E-state index is -2.37. The van der Waals surface area contributed by atoms with Crippen molar-refractivity contribution in [3.63, 3.8) is 0 Å². The summed E-state index contributed by atoms with van der Waals surface area (Å²) in [6, 6.07) is 48.4. The Morgan fingerprint density at radius 3 is 1.00 bits per heavy atom. The third-order valence-electron chi connectivity index (χ3n) is 7.52. The van der Waals surface area contributed by atoms with E-state index in [0.717, 1.165) is 11.4 Å². The fourth-order valence-electron chi connectivity index (χ4n) is 6.19. The molecule has 2 nitrogen and oxygen atoms in total. The Balaban J connectivity index is 1.71. The highest BCUT2D eigenvalue weighted by atomic mass is 32.1. The van der Waals surface area contributed by atoms with Gasteiger partial charge in [0.15, 0.2) is 0 Å². The van der Waals surface area contributed by atoms with Gasteiger partial charge in [-0.25, -0.2) is 0 Å². The summed E-state index contributed by atoms with van der Waals surface area (Å²) in [7, 11) is 0. The van der Waals surface area contributed by atoms with E-state index in [-0.39, 0.29) is 0 Å². The summed E-state index contributed by atoms with van der Waals surface area (Å²) in [5, 5.41) is 10.9. The number of fused-ring (bicyclic) bond motifs is 5. The maximum absolute atomic E-state index is 5.87. The molecule has 170 valence electrons. The molecule has 0 radical (unpaired) electrons. The summed E-state index contributed by atoms with van der Waals surface area (Å²) in [4.78, 5) is 0. The molecule has 6 aromatic rings. The van der Waals surface area contributed by atoms with Gasteiger partial charge in [0.1, 0.15) is 0 Å². The first kappa shape index (κ1) is 20.5. The van der Waals surface area contributed by atoms with Gasteiger partial charge in [0.05, 0.1) is 24.9 Å². The Bertz CT molecular complexity index is 1730. The molecule has 2 aliphatic heterocycles. The predicted octanol–water partition coefficient (Wildman–Crippen LogP) is 8.20. The first-order valence-electron chi connectivity index (χ1n) is 12.2. The molecule has 0 aromatic heterocycles. The fraction of sp³-hybridized carbons (Fsp3) is 0. The van der Waals surface area contributed by atoms with Gasteiger partial charge in [-0.05, 0) is 35.0 Å². The Hall–Kier alpha value is -3.70. The van der Waals surface area contributed by atoms with E-state index in [4.69, 9.17) is 9.49 Å². The average molecular weight is 496 g/mol. The maximum atomic E-state index is 5.87. The van der Waals surface area contributed by atoms with Crippen LogP contribution < -0.4 is 21.2 Å². The highest BCUT2D eigenvalue weighted by Crippen LogP contribution is 2.89. The van der Waals surface area contributed by atoms with Crippen molar-refractivity contribution in [1.82, 2.24) is 0 Å². The van der Waals surface area contributed by atoms with E-state index in [1.807, 2.05) is 0 Å². The lowest BCUT2D eigenvalue weighted by Gasteiger charge is -2.29. The van der Waals surface area contributed by atoms with E-state index in [9.17, 15) is 0 Å². The van der Waals surface area contributed by atoms with Gasteiger partial charge in [0.2, 0.25) is 0 Å². The van der Waals surface area contributed by atoms with Crippen molar-refractivity contribution in [2.75, 3.05) is 0 Å². The van der Waals surface area contributed by atoms with Crippen LogP contribution in [-0.4, -0.2) is 0 Å². The van der Waals surface area contributed by atoms with Crippen molar-refractivity contribution >= 4 is 67.6 Å². The Labute approximate surface area is 210 Å². The molecular formula is C32H22N2P2. The summed E-state index contributed by atoms with van der Waals surface area (Å²) in [5.74, 6) is 0. The highest BCUT2D eigenvalue weighted by Gasteiger charge is 2.55. The molecule has 0 spiro atoms. The van der Waals surface area contributed by atoms with Crippen LogP contribution in [0.25, 0.3) is 21.5 Å². The molecule has 0 saturated heterocycles. The van der Waals surface area contributed by atoms with Crippen molar-refractivity contribution in [3.05, 3.63) is 133 Å². The van der Waals surface area contributed by atoms with Gasteiger partial charge in [-0.15, -0.1) is 0 Å². The van der Waals surface area contributed by atoms with Crippen molar-refractivity contribution in [3.8, 4) is 0 Å². The van der Waals surface area contributed by atoms with Crippen molar-refractivity contribution in [2.24, 2.45) is 9.49 Å². The summed E-state index contributed by atoms with van der Waals surface area (Å²) in [5.41, 5.74) is 2.07. The van der Waals surface area contributed by atoms with E-state index in [0.29, 0.717) is 0 Å². The van der Waals surface area contributed by atoms with Crippen molar-refractivity contribution < 1.29 is 0 Å². The van der Waals surface area contributed by atoms with E-state index >= 15 is 0 Å². The van der Waals surface area contributed by atoms with Crippen LogP contribution in [0.5, 0.6) is 0 Å². The second-order valence-corrected chi connectivity index (χ2v) is 17.6. The van der Waals surface area contributed by atoms with Crippen LogP contribution >= 0.6 is 13.5 Å². The van der Waals surface area contributed by atoms with Gasteiger partial charge in [-0.1, -0.05) is 109 Å². The second-order valence-electron chi connectivity index (χ2n) is 9.38. The number of rotatable bonds is 2. The first-order chi connectivity index (χ1) is 17.8. The molecule has 36 heavy (non-hydrogen) atoms. The van der Waals surface area contributed by atoms with E-state index < -0.39 is 13.5 Å². The quantitative estimate of drug-likeness (QED) is 0.216. The Kier molecular flexibility index (Phi) is 4.21. The fourth-order valence-corrected chi connectivity index (χ4v) is 20.3. The van der Waals surface area contributed by atoms with E-state index in [1.165, 1.54) is 42.8 Å². The van der Waals surface area contributed by atoms with Gasteiger partial charge >= 0.3 is 0 Å². The standard InChI is InChI=1S/C32H22N2P2/c1-3-15-25(16-4-1)33-35-27-19-7-11-23-13-9-21-29(31(23)27)36(35,34-26-17-5-2-6-18-26)30-22-10-14-24-12-8-20-28(35)32(24)30/h1-22H. The van der Waals surface area contributed by atoms with Crippen LogP contribution in [0.15, 0.2) is 143 Å². The lowest BCUT2D eigenvalue weighted by Crippen LogP contribution is -2.12. The normalized spacial score (nSPS) is 21.0. The van der Waals surface area contributed by atoms with Gasteiger partial charge < -0.3 is 0 Å². The SMILES string of the molecule is c1ccc(N=P23c4cccc5cccc(c45)P2(=Nc2ccccc2)c2cccc4cccc3c24)cc1. The minimum Gasteiger partial charge on any atom is -0.252 e. The van der Waals surface area contributed by atoms with Gasteiger partial charge in [-0.2, -0.15) is 0 Å². The summed E-state index contributed by atoms with van der Waals surface area (Å²) >= 11 is 0. The number of benzene rings is 6.